The molecule has 0 aliphatic heterocycles. The fourth-order valence-electron chi connectivity index (χ4n) is 8.57. The third kappa shape index (κ3) is 4.16. The summed E-state index contributed by atoms with van der Waals surface area (Å²) in [5, 5.41) is 12.1. The van der Waals surface area contributed by atoms with Crippen LogP contribution in [0.5, 0.6) is 0 Å². The van der Waals surface area contributed by atoms with Crippen molar-refractivity contribution >= 4 is 16.6 Å². The molecule has 3 fully saturated rings. The fourth-order valence-corrected chi connectivity index (χ4v) is 11.0. The average Bonchev–Trinajstić information content (AvgIpc) is 2.92. The highest BCUT2D eigenvalue weighted by Crippen LogP contribution is 2.68. The van der Waals surface area contributed by atoms with Crippen LogP contribution in [0.1, 0.15) is 72.1 Å². The highest BCUT2D eigenvalue weighted by atomic mass is 28.4. The molecule has 0 aromatic carbocycles. The summed E-state index contributed by atoms with van der Waals surface area (Å²) in [5.41, 5.74) is 1.33. The van der Waals surface area contributed by atoms with Crippen LogP contribution in [0, 0.1) is 28.6 Å². The SMILES string of the molecule is CC(O[Si](C)(C)C)[C@@]1(O)CC[C@H]2[C@@H]3CC=C4CC(O[Si](C)(C)C)CC[C@]4(C)[C@H]3CC[C@@]21C. The van der Waals surface area contributed by atoms with E-state index in [1.54, 1.807) is 5.57 Å². The van der Waals surface area contributed by atoms with Crippen LogP contribution in [-0.4, -0.2) is 39.6 Å². The van der Waals surface area contributed by atoms with Crippen LogP contribution < -0.4 is 0 Å². The number of rotatable bonds is 5. The van der Waals surface area contributed by atoms with Crippen molar-refractivity contribution in [1.82, 2.24) is 0 Å². The van der Waals surface area contributed by atoms with E-state index in [0.29, 0.717) is 23.4 Å². The highest BCUT2D eigenvalue weighted by molar-refractivity contribution is 6.70. The van der Waals surface area contributed by atoms with Crippen molar-refractivity contribution in [3.63, 3.8) is 0 Å². The van der Waals surface area contributed by atoms with Gasteiger partial charge < -0.3 is 14.0 Å². The van der Waals surface area contributed by atoms with Crippen LogP contribution in [0.25, 0.3) is 0 Å². The summed E-state index contributed by atoms with van der Waals surface area (Å²) in [6.07, 6.45) is 12.3. The van der Waals surface area contributed by atoms with Crippen LogP contribution in [0.3, 0.4) is 0 Å². The maximum absolute atomic E-state index is 12.1. The summed E-state index contributed by atoms with van der Waals surface area (Å²) >= 11 is 0. The van der Waals surface area contributed by atoms with Crippen molar-refractivity contribution in [1.29, 1.82) is 0 Å². The predicted octanol–water partition coefficient (Wildman–Crippen LogP) is 7.14. The van der Waals surface area contributed by atoms with E-state index in [4.69, 9.17) is 8.85 Å². The van der Waals surface area contributed by atoms with Gasteiger partial charge >= 0.3 is 0 Å². The van der Waals surface area contributed by atoms with Crippen molar-refractivity contribution in [3.05, 3.63) is 11.6 Å². The van der Waals surface area contributed by atoms with Gasteiger partial charge in [0.2, 0.25) is 0 Å². The highest BCUT2D eigenvalue weighted by Gasteiger charge is 2.65. The normalized spacial score (nSPS) is 45.5. The van der Waals surface area contributed by atoms with Gasteiger partial charge in [0.25, 0.3) is 0 Å². The molecule has 184 valence electrons. The van der Waals surface area contributed by atoms with Gasteiger partial charge in [0.1, 0.15) is 0 Å². The molecule has 0 saturated heterocycles. The molecular formula is C27H50O3Si2. The van der Waals surface area contributed by atoms with Gasteiger partial charge in [0, 0.05) is 11.5 Å². The second kappa shape index (κ2) is 8.04. The number of allylic oxidation sites excluding steroid dienone is 1. The number of fused-ring (bicyclic) bond motifs is 5. The van der Waals surface area contributed by atoms with Gasteiger partial charge in [-0.05, 0) is 121 Å². The lowest BCUT2D eigenvalue weighted by atomic mass is 9.46. The molecule has 1 N–H and O–H groups in total. The fraction of sp³-hybridized carbons (Fsp3) is 0.926. The molecule has 0 radical (unpaired) electrons. The lowest BCUT2D eigenvalue weighted by Gasteiger charge is -2.60. The Morgan fingerprint density at radius 3 is 2.22 bits per heavy atom. The summed E-state index contributed by atoms with van der Waals surface area (Å²) in [6, 6.07) is 0. The Kier molecular flexibility index (Phi) is 6.32. The number of hydrogen-bond donors (Lipinski definition) is 1. The molecule has 3 saturated carbocycles. The Morgan fingerprint density at radius 1 is 0.938 bits per heavy atom. The molecule has 32 heavy (non-hydrogen) atoms. The number of hydrogen-bond acceptors (Lipinski definition) is 3. The molecule has 3 nitrogen and oxygen atoms in total. The maximum atomic E-state index is 12.1. The Bertz CT molecular complexity index is 753. The Balaban J connectivity index is 1.56. The van der Waals surface area contributed by atoms with Crippen LogP contribution in [0.4, 0.5) is 0 Å². The van der Waals surface area contributed by atoms with Crippen molar-refractivity contribution < 1.29 is 14.0 Å². The monoisotopic (exact) mass is 478 g/mol. The van der Waals surface area contributed by atoms with Gasteiger partial charge in [-0.3, -0.25) is 0 Å². The molecule has 4 rings (SSSR count). The van der Waals surface area contributed by atoms with Gasteiger partial charge in [0.05, 0.1) is 11.7 Å². The van der Waals surface area contributed by atoms with Crippen molar-refractivity contribution in [2.24, 2.45) is 28.6 Å². The van der Waals surface area contributed by atoms with Crippen molar-refractivity contribution in [3.8, 4) is 0 Å². The first kappa shape index (κ1) is 25.2. The summed E-state index contributed by atoms with van der Waals surface area (Å²) in [5.74, 6) is 2.10. The predicted molar refractivity (Wildman–Crippen MR) is 139 cm³/mol. The van der Waals surface area contributed by atoms with Crippen LogP contribution in [-0.2, 0) is 8.85 Å². The summed E-state index contributed by atoms with van der Waals surface area (Å²) < 4.78 is 13.0. The second-order valence-electron chi connectivity index (χ2n) is 14.1. The molecule has 4 aliphatic carbocycles. The lowest BCUT2D eigenvalue weighted by Crippen LogP contribution is -2.59. The molecule has 4 aliphatic rings. The lowest BCUT2D eigenvalue weighted by molar-refractivity contribution is -0.165. The van der Waals surface area contributed by atoms with E-state index in [0.717, 1.165) is 31.6 Å². The Labute approximate surface area is 200 Å². The summed E-state index contributed by atoms with van der Waals surface area (Å²) in [4.78, 5) is 0. The molecule has 2 unspecified atom stereocenters. The summed E-state index contributed by atoms with van der Waals surface area (Å²) in [7, 11) is -3.19. The van der Waals surface area contributed by atoms with Gasteiger partial charge in [-0.15, -0.1) is 0 Å². The van der Waals surface area contributed by atoms with Crippen molar-refractivity contribution in [2.75, 3.05) is 0 Å². The largest absolute Gasteiger partial charge is 0.414 e. The maximum Gasteiger partial charge on any atom is 0.184 e. The third-order valence-corrected chi connectivity index (χ3v) is 12.1. The Morgan fingerprint density at radius 2 is 1.59 bits per heavy atom. The minimum absolute atomic E-state index is 0.0207. The van der Waals surface area contributed by atoms with E-state index >= 15 is 0 Å². The van der Waals surface area contributed by atoms with E-state index in [2.05, 4.69) is 66.1 Å². The van der Waals surface area contributed by atoms with E-state index < -0.39 is 22.2 Å². The van der Waals surface area contributed by atoms with E-state index in [1.165, 1.54) is 25.7 Å². The average molecular weight is 479 g/mol. The van der Waals surface area contributed by atoms with Gasteiger partial charge in [-0.1, -0.05) is 25.5 Å². The molecule has 8 atom stereocenters. The molecule has 0 spiro atoms. The smallest absolute Gasteiger partial charge is 0.184 e. The van der Waals surface area contributed by atoms with Gasteiger partial charge in [-0.2, -0.15) is 0 Å². The number of aliphatic hydroxyl groups is 1. The quantitative estimate of drug-likeness (QED) is 0.337. The zero-order chi connectivity index (χ0) is 23.7. The van der Waals surface area contributed by atoms with E-state index in [-0.39, 0.29) is 11.5 Å². The van der Waals surface area contributed by atoms with Crippen LogP contribution in [0.15, 0.2) is 11.6 Å². The molecule has 0 aromatic rings. The molecule has 0 aromatic heterocycles. The van der Waals surface area contributed by atoms with E-state index in [9.17, 15) is 5.11 Å². The molecule has 5 heteroatoms. The third-order valence-electron chi connectivity index (χ3n) is 10.00. The Hall–Kier alpha value is 0.0538. The summed E-state index contributed by atoms with van der Waals surface area (Å²) in [6.45, 7) is 20.8. The zero-order valence-electron chi connectivity index (χ0n) is 22.4. The minimum atomic E-state index is -1.70. The first-order valence-electron chi connectivity index (χ1n) is 13.4. The standard InChI is InChI=1S/C27H50O3Si2/c1-19(29-31(4,5)6)27(28)17-14-24-22-11-10-20-18-21(30-32(7,8)9)12-15-25(20,2)23(22)13-16-26(24,27)3/h10,19,21-24,28H,11-18H2,1-9H3/t19?,21?,22-,23+,24+,25+,26+,27+/m1/s1. The van der Waals surface area contributed by atoms with Crippen molar-refractivity contribution in [2.45, 2.75) is 129 Å². The van der Waals surface area contributed by atoms with E-state index in [1.807, 2.05) is 0 Å². The molecular weight excluding hydrogens is 428 g/mol. The molecule has 0 heterocycles. The zero-order valence-corrected chi connectivity index (χ0v) is 24.4. The first-order valence-corrected chi connectivity index (χ1v) is 20.2. The van der Waals surface area contributed by atoms with Gasteiger partial charge in [-0.25, -0.2) is 0 Å². The van der Waals surface area contributed by atoms with Crippen LogP contribution >= 0.6 is 0 Å². The van der Waals surface area contributed by atoms with Gasteiger partial charge in [0.15, 0.2) is 16.6 Å². The second-order valence-corrected chi connectivity index (χ2v) is 23.1. The molecule has 0 amide bonds. The van der Waals surface area contributed by atoms with Crippen LogP contribution in [0.2, 0.25) is 39.3 Å². The first-order chi connectivity index (χ1) is 14.6. The molecule has 0 bridgehead atoms. The topological polar surface area (TPSA) is 38.7 Å². The minimum Gasteiger partial charge on any atom is -0.414 e.